The van der Waals surface area contributed by atoms with Gasteiger partial charge in [0.15, 0.2) is 0 Å². The molecule has 116 valence electrons. The summed E-state index contributed by atoms with van der Waals surface area (Å²) < 4.78 is 10.7. The molecule has 2 rings (SSSR count). The molecule has 0 N–H and O–H groups in total. The van der Waals surface area contributed by atoms with Crippen molar-refractivity contribution in [2.24, 2.45) is 0 Å². The summed E-state index contributed by atoms with van der Waals surface area (Å²) in [4.78, 5) is 22.9. The van der Waals surface area contributed by atoms with Crippen molar-refractivity contribution in [3.63, 3.8) is 0 Å². The number of hydrogen-bond donors (Lipinski definition) is 0. The van der Waals surface area contributed by atoms with Crippen LogP contribution in [0.1, 0.15) is 38.9 Å². The standard InChI is InChI=1S/C15H23N3O3/c1-4-20-14-10-13(16-11(3)17-14)18-9-7-6-8-12(18)15(19)21-5-2/h10,12H,4-9H2,1-3H3. The first-order chi connectivity index (χ1) is 10.2. The molecule has 0 bridgehead atoms. The second-order valence-corrected chi connectivity index (χ2v) is 5.00. The van der Waals surface area contributed by atoms with E-state index >= 15 is 0 Å². The second kappa shape index (κ2) is 7.24. The van der Waals surface area contributed by atoms with Crippen LogP contribution in [0.25, 0.3) is 0 Å². The molecule has 0 amide bonds. The molecule has 0 aromatic carbocycles. The highest BCUT2D eigenvalue weighted by molar-refractivity contribution is 5.80. The number of aryl methyl sites for hydroxylation is 1. The molecule has 0 saturated carbocycles. The topological polar surface area (TPSA) is 64.5 Å². The van der Waals surface area contributed by atoms with Crippen LogP contribution < -0.4 is 9.64 Å². The van der Waals surface area contributed by atoms with Crippen LogP contribution in [0.4, 0.5) is 5.82 Å². The average Bonchev–Trinajstić information content (AvgIpc) is 2.47. The highest BCUT2D eigenvalue weighted by atomic mass is 16.5. The Kier molecular flexibility index (Phi) is 5.36. The smallest absolute Gasteiger partial charge is 0.328 e. The summed E-state index contributed by atoms with van der Waals surface area (Å²) in [7, 11) is 0. The number of ether oxygens (including phenoxy) is 2. The van der Waals surface area contributed by atoms with E-state index in [1.807, 2.05) is 25.7 Å². The van der Waals surface area contributed by atoms with Crippen molar-refractivity contribution in [1.82, 2.24) is 9.97 Å². The van der Waals surface area contributed by atoms with Crippen LogP contribution in [-0.4, -0.2) is 41.7 Å². The van der Waals surface area contributed by atoms with Crippen LogP contribution in [0.3, 0.4) is 0 Å². The third kappa shape index (κ3) is 3.83. The predicted molar refractivity (Wildman–Crippen MR) is 79.6 cm³/mol. The van der Waals surface area contributed by atoms with Gasteiger partial charge in [-0.2, -0.15) is 4.98 Å². The van der Waals surface area contributed by atoms with E-state index in [-0.39, 0.29) is 12.0 Å². The molecule has 1 unspecified atom stereocenters. The first-order valence-electron chi connectivity index (χ1n) is 7.57. The molecular weight excluding hydrogens is 270 g/mol. The van der Waals surface area contributed by atoms with Gasteiger partial charge in [-0.05, 0) is 40.0 Å². The SMILES string of the molecule is CCOC(=O)C1CCCCN1c1cc(OCC)nc(C)n1. The largest absolute Gasteiger partial charge is 0.478 e. The van der Waals surface area contributed by atoms with Crippen molar-refractivity contribution >= 4 is 11.8 Å². The van der Waals surface area contributed by atoms with E-state index in [4.69, 9.17) is 9.47 Å². The number of hydrogen-bond acceptors (Lipinski definition) is 6. The molecular formula is C15H23N3O3. The number of nitrogens with zero attached hydrogens (tertiary/aromatic N) is 3. The van der Waals surface area contributed by atoms with Gasteiger partial charge in [-0.25, -0.2) is 9.78 Å². The highest BCUT2D eigenvalue weighted by Crippen LogP contribution is 2.26. The Balaban J connectivity index is 2.26. The Morgan fingerprint density at radius 1 is 1.33 bits per heavy atom. The van der Waals surface area contributed by atoms with Crippen LogP contribution in [0, 0.1) is 6.92 Å². The molecule has 2 heterocycles. The number of rotatable bonds is 5. The van der Waals surface area contributed by atoms with E-state index in [1.165, 1.54) is 0 Å². The summed E-state index contributed by atoms with van der Waals surface area (Å²) in [5, 5.41) is 0. The molecule has 21 heavy (non-hydrogen) atoms. The highest BCUT2D eigenvalue weighted by Gasteiger charge is 2.31. The van der Waals surface area contributed by atoms with Gasteiger partial charge in [0.1, 0.15) is 17.7 Å². The Morgan fingerprint density at radius 2 is 2.14 bits per heavy atom. The van der Waals surface area contributed by atoms with E-state index in [9.17, 15) is 4.79 Å². The van der Waals surface area contributed by atoms with Crippen molar-refractivity contribution in [2.75, 3.05) is 24.7 Å². The zero-order valence-corrected chi connectivity index (χ0v) is 13.0. The maximum Gasteiger partial charge on any atom is 0.328 e. The second-order valence-electron chi connectivity index (χ2n) is 5.00. The zero-order chi connectivity index (χ0) is 15.2. The summed E-state index contributed by atoms with van der Waals surface area (Å²) in [6, 6.07) is 1.54. The van der Waals surface area contributed by atoms with Gasteiger partial charge >= 0.3 is 5.97 Å². The number of piperidine rings is 1. The van der Waals surface area contributed by atoms with Crippen molar-refractivity contribution in [3.05, 3.63) is 11.9 Å². The Labute approximate surface area is 125 Å². The molecule has 1 aromatic heterocycles. The monoisotopic (exact) mass is 293 g/mol. The Bertz CT molecular complexity index is 493. The number of anilines is 1. The molecule has 6 nitrogen and oxygen atoms in total. The summed E-state index contributed by atoms with van der Waals surface area (Å²) >= 11 is 0. The van der Waals surface area contributed by atoms with Gasteiger partial charge in [-0.3, -0.25) is 0 Å². The van der Waals surface area contributed by atoms with Crippen LogP contribution in [0.2, 0.25) is 0 Å². The van der Waals surface area contributed by atoms with Gasteiger partial charge in [0.2, 0.25) is 5.88 Å². The summed E-state index contributed by atoms with van der Waals surface area (Å²) in [5.74, 6) is 1.76. The molecule has 1 fully saturated rings. The third-order valence-electron chi connectivity index (χ3n) is 3.45. The third-order valence-corrected chi connectivity index (χ3v) is 3.45. The van der Waals surface area contributed by atoms with Crippen molar-refractivity contribution in [2.45, 2.75) is 46.1 Å². The van der Waals surface area contributed by atoms with E-state index in [1.54, 1.807) is 6.07 Å². The van der Waals surface area contributed by atoms with Crippen molar-refractivity contribution in [1.29, 1.82) is 0 Å². The van der Waals surface area contributed by atoms with Gasteiger partial charge in [0.05, 0.1) is 13.2 Å². The number of carbonyl (C=O) groups is 1. The molecule has 1 aliphatic rings. The first-order valence-corrected chi connectivity index (χ1v) is 7.57. The maximum absolute atomic E-state index is 12.1. The molecule has 0 aliphatic carbocycles. The molecule has 1 saturated heterocycles. The number of aromatic nitrogens is 2. The molecule has 1 aromatic rings. The van der Waals surface area contributed by atoms with Gasteiger partial charge < -0.3 is 14.4 Å². The van der Waals surface area contributed by atoms with Gasteiger partial charge in [-0.1, -0.05) is 0 Å². The molecule has 1 aliphatic heterocycles. The summed E-state index contributed by atoms with van der Waals surface area (Å²) in [5.41, 5.74) is 0. The Morgan fingerprint density at radius 3 is 2.86 bits per heavy atom. The quantitative estimate of drug-likeness (QED) is 0.775. The van der Waals surface area contributed by atoms with E-state index in [0.29, 0.717) is 24.9 Å². The van der Waals surface area contributed by atoms with Gasteiger partial charge in [0.25, 0.3) is 0 Å². The lowest BCUT2D eigenvalue weighted by Crippen LogP contribution is -2.46. The summed E-state index contributed by atoms with van der Waals surface area (Å²) in [6.07, 6.45) is 2.87. The van der Waals surface area contributed by atoms with E-state index in [0.717, 1.165) is 31.6 Å². The fraction of sp³-hybridized carbons (Fsp3) is 0.667. The zero-order valence-electron chi connectivity index (χ0n) is 13.0. The minimum atomic E-state index is -0.262. The number of carbonyl (C=O) groups excluding carboxylic acids is 1. The minimum absolute atomic E-state index is 0.175. The Hall–Kier alpha value is -1.85. The fourth-order valence-corrected chi connectivity index (χ4v) is 2.58. The molecule has 6 heteroatoms. The molecule has 1 atom stereocenters. The van der Waals surface area contributed by atoms with E-state index < -0.39 is 0 Å². The lowest BCUT2D eigenvalue weighted by Gasteiger charge is -2.35. The summed E-state index contributed by atoms with van der Waals surface area (Å²) in [6.45, 7) is 7.32. The lowest BCUT2D eigenvalue weighted by molar-refractivity contribution is -0.145. The predicted octanol–water partition coefficient (Wildman–Crippen LogP) is 2.11. The van der Waals surface area contributed by atoms with Crippen LogP contribution in [0.15, 0.2) is 6.07 Å². The van der Waals surface area contributed by atoms with Gasteiger partial charge in [0, 0.05) is 12.6 Å². The van der Waals surface area contributed by atoms with Crippen LogP contribution in [-0.2, 0) is 9.53 Å². The first kappa shape index (κ1) is 15.5. The molecule has 0 radical (unpaired) electrons. The normalized spacial score (nSPS) is 18.4. The van der Waals surface area contributed by atoms with Crippen molar-refractivity contribution < 1.29 is 14.3 Å². The van der Waals surface area contributed by atoms with Crippen LogP contribution in [0.5, 0.6) is 5.88 Å². The average molecular weight is 293 g/mol. The van der Waals surface area contributed by atoms with Crippen LogP contribution >= 0.6 is 0 Å². The molecule has 0 spiro atoms. The number of esters is 1. The fourth-order valence-electron chi connectivity index (χ4n) is 2.58. The maximum atomic E-state index is 12.1. The van der Waals surface area contributed by atoms with Gasteiger partial charge in [-0.15, -0.1) is 0 Å². The van der Waals surface area contributed by atoms with Crippen molar-refractivity contribution in [3.8, 4) is 5.88 Å². The lowest BCUT2D eigenvalue weighted by atomic mass is 10.0. The minimum Gasteiger partial charge on any atom is -0.478 e. The van der Waals surface area contributed by atoms with E-state index in [2.05, 4.69) is 9.97 Å².